The number of methoxy groups -OCH3 is 1. The first-order valence-electron chi connectivity index (χ1n) is 7.84. The average molecular weight is 299 g/mol. The number of benzene rings is 2. The van der Waals surface area contributed by atoms with Gasteiger partial charge in [-0.2, -0.15) is 0 Å². The maximum atomic E-state index is 6.20. The first-order valence-corrected chi connectivity index (χ1v) is 7.84. The molecule has 0 amide bonds. The van der Waals surface area contributed by atoms with Gasteiger partial charge in [0, 0.05) is 18.3 Å². The van der Waals surface area contributed by atoms with Crippen LogP contribution in [0.15, 0.2) is 48.5 Å². The highest BCUT2D eigenvalue weighted by Gasteiger charge is 2.16. The maximum absolute atomic E-state index is 6.20. The fraction of sp³-hybridized carbons (Fsp3) is 0.368. The van der Waals surface area contributed by atoms with Crippen molar-refractivity contribution in [3.05, 3.63) is 54.1 Å². The van der Waals surface area contributed by atoms with Gasteiger partial charge in [-0.25, -0.2) is 0 Å². The van der Waals surface area contributed by atoms with E-state index in [0.717, 1.165) is 30.2 Å². The third kappa shape index (κ3) is 3.73. The number of para-hydroxylation sites is 1. The molecule has 0 fully saturated rings. The molecule has 118 valence electrons. The van der Waals surface area contributed by atoms with Crippen molar-refractivity contribution >= 4 is 5.69 Å². The van der Waals surface area contributed by atoms with Gasteiger partial charge in [-0.1, -0.05) is 31.2 Å². The van der Waals surface area contributed by atoms with E-state index < -0.39 is 0 Å². The van der Waals surface area contributed by atoms with Crippen LogP contribution < -0.4 is 14.4 Å². The largest absolute Gasteiger partial charge is 0.497 e. The summed E-state index contributed by atoms with van der Waals surface area (Å²) in [6, 6.07) is 16.3. The zero-order valence-corrected chi connectivity index (χ0v) is 13.9. The molecule has 0 aliphatic carbocycles. The number of ether oxygens (including phenoxy) is 2. The van der Waals surface area contributed by atoms with Crippen molar-refractivity contribution in [3.8, 4) is 11.5 Å². The molecular formula is C19H25NO2. The van der Waals surface area contributed by atoms with Gasteiger partial charge in [0.1, 0.15) is 11.5 Å². The summed E-state index contributed by atoms with van der Waals surface area (Å²) in [5, 5.41) is 0. The van der Waals surface area contributed by atoms with Gasteiger partial charge in [-0.3, -0.25) is 0 Å². The van der Waals surface area contributed by atoms with Crippen LogP contribution in [-0.4, -0.2) is 19.9 Å². The van der Waals surface area contributed by atoms with E-state index in [-0.39, 0.29) is 6.23 Å². The lowest BCUT2D eigenvalue weighted by atomic mass is 10.1. The molecule has 2 aromatic rings. The SMILES string of the molecule is CCc1ccccc1OC(C)N(CC)c1cccc(OC)c1. The Hall–Kier alpha value is -2.16. The summed E-state index contributed by atoms with van der Waals surface area (Å²) in [6.07, 6.45) is 0.915. The summed E-state index contributed by atoms with van der Waals surface area (Å²) in [7, 11) is 1.69. The second kappa shape index (κ2) is 7.74. The number of hydrogen-bond donors (Lipinski definition) is 0. The molecule has 1 atom stereocenters. The van der Waals surface area contributed by atoms with Crippen molar-refractivity contribution in [1.29, 1.82) is 0 Å². The van der Waals surface area contributed by atoms with Gasteiger partial charge < -0.3 is 14.4 Å². The molecule has 3 nitrogen and oxygen atoms in total. The second-order valence-electron chi connectivity index (χ2n) is 5.17. The molecule has 0 spiro atoms. The summed E-state index contributed by atoms with van der Waals surface area (Å²) < 4.78 is 11.5. The molecule has 0 saturated heterocycles. The highest BCUT2D eigenvalue weighted by molar-refractivity contribution is 5.51. The zero-order chi connectivity index (χ0) is 15.9. The topological polar surface area (TPSA) is 21.7 Å². The molecule has 1 unspecified atom stereocenters. The van der Waals surface area contributed by atoms with Crippen LogP contribution in [0.25, 0.3) is 0 Å². The summed E-state index contributed by atoms with van der Waals surface area (Å²) in [5.41, 5.74) is 2.33. The van der Waals surface area contributed by atoms with Crippen LogP contribution >= 0.6 is 0 Å². The van der Waals surface area contributed by atoms with Crippen molar-refractivity contribution in [2.45, 2.75) is 33.4 Å². The molecule has 0 aliphatic heterocycles. The summed E-state index contributed by atoms with van der Waals surface area (Å²) >= 11 is 0. The minimum absolute atomic E-state index is 0.0511. The molecule has 0 aromatic heterocycles. The summed E-state index contributed by atoms with van der Waals surface area (Å²) in [6.45, 7) is 7.22. The van der Waals surface area contributed by atoms with Gasteiger partial charge >= 0.3 is 0 Å². The number of hydrogen-bond acceptors (Lipinski definition) is 3. The standard InChI is InChI=1S/C19H25NO2/c1-5-16-10-7-8-13-19(16)22-15(3)20(6-2)17-11-9-12-18(14-17)21-4/h7-15H,5-6H2,1-4H3. The van der Waals surface area contributed by atoms with Crippen LogP contribution in [0.1, 0.15) is 26.3 Å². The molecule has 0 saturated carbocycles. The molecule has 2 rings (SSSR count). The average Bonchev–Trinajstić information content (AvgIpc) is 2.56. The molecule has 0 N–H and O–H groups in total. The van der Waals surface area contributed by atoms with Crippen LogP contribution in [0.2, 0.25) is 0 Å². The number of nitrogens with zero attached hydrogens (tertiary/aromatic N) is 1. The van der Waals surface area contributed by atoms with Crippen LogP contribution in [0.4, 0.5) is 5.69 Å². The maximum Gasteiger partial charge on any atom is 0.169 e. The third-order valence-corrected chi connectivity index (χ3v) is 3.82. The van der Waals surface area contributed by atoms with E-state index >= 15 is 0 Å². The van der Waals surface area contributed by atoms with E-state index in [2.05, 4.69) is 43.9 Å². The molecule has 0 bridgehead atoms. The molecule has 0 aliphatic rings. The molecule has 2 aromatic carbocycles. The second-order valence-corrected chi connectivity index (χ2v) is 5.17. The Balaban J connectivity index is 2.19. The van der Waals surface area contributed by atoms with E-state index in [4.69, 9.17) is 9.47 Å². The van der Waals surface area contributed by atoms with Crippen LogP contribution in [0.3, 0.4) is 0 Å². The zero-order valence-electron chi connectivity index (χ0n) is 13.9. The van der Waals surface area contributed by atoms with E-state index in [9.17, 15) is 0 Å². The van der Waals surface area contributed by atoms with Gasteiger partial charge in [0.15, 0.2) is 6.23 Å². The fourth-order valence-electron chi connectivity index (χ4n) is 2.60. The molecule has 3 heteroatoms. The normalized spacial score (nSPS) is 11.8. The fourth-order valence-corrected chi connectivity index (χ4v) is 2.60. The Morgan fingerprint density at radius 3 is 2.50 bits per heavy atom. The third-order valence-electron chi connectivity index (χ3n) is 3.82. The minimum Gasteiger partial charge on any atom is -0.497 e. The summed E-state index contributed by atoms with van der Waals surface area (Å²) in [4.78, 5) is 2.22. The first kappa shape index (κ1) is 16.2. The number of anilines is 1. The Morgan fingerprint density at radius 2 is 1.82 bits per heavy atom. The lowest BCUT2D eigenvalue weighted by Crippen LogP contribution is -2.37. The number of rotatable bonds is 7. The van der Waals surface area contributed by atoms with Crippen molar-refractivity contribution in [3.63, 3.8) is 0 Å². The summed E-state index contributed by atoms with van der Waals surface area (Å²) in [5.74, 6) is 1.82. The van der Waals surface area contributed by atoms with E-state index in [1.165, 1.54) is 5.56 Å². The van der Waals surface area contributed by atoms with Crippen molar-refractivity contribution in [2.24, 2.45) is 0 Å². The van der Waals surface area contributed by atoms with Crippen LogP contribution in [0.5, 0.6) is 11.5 Å². The first-order chi connectivity index (χ1) is 10.7. The van der Waals surface area contributed by atoms with E-state index in [1.807, 2.05) is 30.3 Å². The highest BCUT2D eigenvalue weighted by atomic mass is 16.5. The van der Waals surface area contributed by atoms with Crippen molar-refractivity contribution < 1.29 is 9.47 Å². The van der Waals surface area contributed by atoms with Gasteiger partial charge in [0.05, 0.1) is 7.11 Å². The minimum atomic E-state index is -0.0511. The van der Waals surface area contributed by atoms with E-state index in [0.29, 0.717) is 0 Å². The Bertz CT molecular complexity index is 597. The Morgan fingerprint density at radius 1 is 1.05 bits per heavy atom. The van der Waals surface area contributed by atoms with Crippen LogP contribution in [-0.2, 0) is 6.42 Å². The molecular weight excluding hydrogens is 274 g/mol. The van der Waals surface area contributed by atoms with Gasteiger partial charge in [-0.15, -0.1) is 0 Å². The quantitative estimate of drug-likeness (QED) is 0.702. The smallest absolute Gasteiger partial charge is 0.169 e. The Kier molecular flexibility index (Phi) is 5.70. The molecule has 0 heterocycles. The van der Waals surface area contributed by atoms with Crippen LogP contribution in [0, 0.1) is 0 Å². The number of aryl methyl sites for hydroxylation is 1. The predicted octanol–water partition coefficient (Wildman–Crippen LogP) is 4.51. The van der Waals surface area contributed by atoms with Gasteiger partial charge in [-0.05, 0) is 44.0 Å². The van der Waals surface area contributed by atoms with Gasteiger partial charge in [0.2, 0.25) is 0 Å². The Labute approximate surface area is 133 Å². The highest BCUT2D eigenvalue weighted by Crippen LogP contribution is 2.25. The van der Waals surface area contributed by atoms with E-state index in [1.54, 1.807) is 7.11 Å². The van der Waals surface area contributed by atoms with Crippen molar-refractivity contribution in [2.75, 3.05) is 18.6 Å². The van der Waals surface area contributed by atoms with Crippen molar-refractivity contribution in [1.82, 2.24) is 0 Å². The lowest BCUT2D eigenvalue weighted by Gasteiger charge is -2.31. The lowest BCUT2D eigenvalue weighted by molar-refractivity contribution is 0.214. The monoisotopic (exact) mass is 299 g/mol. The predicted molar refractivity (Wildman–Crippen MR) is 91.9 cm³/mol. The van der Waals surface area contributed by atoms with Gasteiger partial charge in [0.25, 0.3) is 0 Å². The molecule has 0 radical (unpaired) electrons. The molecule has 22 heavy (non-hydrogen) atoms.